The van der Waals surface area contributed by atoms with E-state index < -0.39 is 4.92 Å². The van der Waals surface area contributed by atoms with Gasteiger partial charge in [0.1, 0.15) is 0 Å². The van der Waals surface area contributed by atoms with Crippen molar-refractivity contribution >= 4 is 28.7 Å². The van der Waals surface area contributed by atoms with Crippen LogP contribution in [0.2, 0.25) is 5.02 Å². The lowest BCUT2D eigenvalue weighted by Gasteiger charge is -1.98. The van der Waals surface area contributed by atoms with Crippen LogP contribution in [0.1, 0.15) is 0 Å². The number of benzene rings is 2. The standard InChI is InChI=1S/C12H9ClN4O2/c13-9-1-3-10(4-2-9)14-16-15-11-5-7-12(8-6-11)17(18)19/h1-8H,(H,14,15). The number of hydrogen-bond donors (Lipinski definition) is 1. The predicted molar refractivity (Wildman–Crippen MR) is 72.7 cm³/mol. The molecular weight excluding hydrogens is 268 g/mol. The Labute approximate surface area is 113 Å². The van der Waals surface area contributed by atoms with Crippen LogP contribution in [0.25, 0.3) is 0 Å². The molecule has 0 aromatic heterocycles. The van der Waals surface area contributed by atoms with E-state index in [1.54, 1.807) is 24.3 Å². The van der Waals surface area contributed by atoms with Crippen LogP contribution in [0.3, 0.4) is 0 Å². The maximum absolute atomic E-state index is 10.5. The minimum atomic E-state index is -0.465. The minimum absolute atomic E-state index is 0.0182. The van der Waals surface area contributed by atoms with Gasteiger partial charge in [-0.1, -0.05) is 16.8 Å². The summed E-state index contributed by atoms with van der Waals surface area (Å²) < 4.78 is 0. The van der Waals surface area contributed by atoms with Crippen LogP contribution >= 0.6 is 11.6 Å². The summed E-state index contributed by atoms with van der Waals surface area (Å²) in [5, 5.41) is 18.8. The summed E-state index contributed by atoms with van der Waals surface area (Å²) in [7, 11) is 0. The molecule has 0 unspecified atom stereocenters. The Morgan fingerprint density at radius 2 is 1.68 bits per heavy atom. The lowest BCUT2D eigenvalue weighted by atomic mass is 10.3. The molecule has 0 fully saturated rings. The van der Waals surface area contributed by atoms with Crippen molar-refractivity contribution in [3.63, 3.8) is 0 Å². The number of nitro benzene ring substituents is 1. The lowest BCUT2D eigenvalue weighted by molar-refractivity contribution is -0.384. The van der Waals surface area contributed by atoms with Crippen LogP contribution < -0.4 is 5.43 Å². The van der Waals surface area contributed by atoms with Crippen molar-refractivity contribution in [1.29, 1.82) is 0 Å². The molecule has 2 rings (SSSR count). The van der Waals surface area contributed by atoms with Crippen molar-refractivity contribution < 1.29 is 4.92 Å². The molecule has 0 radical (unpaired) electrons. The average molecular weight is 277 g/mol. The summed E-state index contributed by atoms with van der Waals surface area (Å²) in [5.74, 6) is 0. The summed E-state index contributed by atoms with van der Waals surface area (Å²) in [5.41, 5.74) is 4.01. The third-order valence-corrected chi connectivity index (χ3v) is 2.50. The van der Waals surface area contributed by atoms with Crippen LogP contribution in [0.15, 0.2) is 58.9 Å². The molecule has 0 aliphatic carbocycles. The molecule has 0 amide bonds. The predicted octanol–water partition coefficient (Wildman–Crippen LogP) is 4.36. The number of halogens is 1. The SMILES string of the molecule is O=[N+]([O-])c1ccc(N=NNc2ccc(Cl)cc2)cc1. The van der Waals surface area contributed by atoms with Gasteiger partial charge in [0, 0.05) is 17.2 Å². The van der Waals surface area contributed by atoms with E-state index in [9.17, 15) is 10.1 Å². The third kappa shape index (κ3) is 3.75. The van der Waals surface area contributed by atoms with E-state index in [4.69, 9.17) is 11.6 Å². The molecule has 6 nitrogen and oxygen atoms in total. The molecule has 0 saturated heterocycles. The zero-order valence-electron chi connectivity index (χ0n) is 9.65. The monoisotopic (exact) mass is 276 g/mol. The van der Waals surface area contributed by atoms with Gasteiger partial charge in [-0.2, -0.15) is 0 Å². The second kappa shape index (κ2) is 5.92. The molecule has 2 aromatic carbocycles. The molecule has 2 aromatic rings. The highest BCUT2D eigenvalue weighted by molar-refractivity contribution is 6.30. The zero-order chi connectivity index (χ0) is 13.7. The van der Waals surface area contributed by atoms with Gasteiger partial charge in [0.2, 0.25) is 0 Å². The van der Waals surface area contributed by atoms with Gasteiger partial charge < -0.3 is 0 Å². The Kier molecular flexibility index (Phi) is 4.04. The topological polar surface area (TPSA) is 79.9 Å². The number of rotatable bonds is 4. The second-order valence-corrected chi connectivity index (χ2v) is 4.03. The maximum atomic E-state index is 10.5. The zero-order valence-corrected chi connectivity index (χ0v) is 10.4. The van der Waals surface area contributed by atoms with E-state index in [0.717, 1.165) is 5.69 Å². The molecule has 19 heavy (non-hydrogen) atoms. The van der Waals surface area contributed by atoms with Crippen LogP contribution in [0.4, 0.5) is 17.1 Å². The molecule has 0 atom stereocenters. The van der Waals surface area contributed by atoms with Crippen LogP contribution in [0, 0.1) is 10.1 Å². The number of nitrogens with zero attached hydrogens (tertiary/aromatic N) is 3. The van der Waals surface area contributed by atoms with Gasteiger partial charge in [0.15, 0.2) is 0 Å². The fourth-order valence-electron chi connectivity index (χ4n) is 1.31. The smallest absolute Gasteiger partial charge is 0.260 e. The van der Waals surface area contributed by atoms with Gasteiger partial charge in [-0.25, -0.2) is 0 Å². The van der Waals surface area contributed by atoms with Gasteiger partial charge >= 0.3 is 0 Å². The molecule has 0 aliphatic heterocycles. The first kappa shape index (κ1) is 13.0. The molecule has 0 spiro atoms. The first-order valence-corrected chi connectivity index (χ1v) is 5.70. The number of non-ortho nitro benzene ring substituents is 1. The van der Waals surface area contributed by atoms with Crippen molar-refractivity contribution in [2.24, 2.45) is 10.3 Å². The van der Waals surface area contributed by atoms with E-state index in [1.807, 2.05) is 0 Å². The van der Waals surface area contributed by atoms with Crippen molar-refractivity contribution in [2.75, 3.05) is 5.43 Å². The molecule has 7 heteroatoms. The van der Waals surface area contributed by atoms with Crippen LogP contribution in [0.5, 0.6) is 0 Å². The largest absolute Gasteiger partial charge is 0.269 e. The molecule has 96 valence electrons. The highest BCUT2D eigenvalue weighted by atomic mass is 35.5. The first-order chi connectivity index (χ1) is 9.15. The quantitative estimate of drug-likeness (QED) is 0.512. The summed E-state index contributed by atoms with van der Waals surface area (Å²) >= 11 is 5.75. The number of anilines is 1. The van der Waals surface area contributed by atoms with Gasteiger partial charge in [-0.3, -0.25) is 15.5 Å². The Hall–Kier alpha value is -2.47. The van der Waals surface area contributed by atoms with Gasteiger partial charge in [0.05, 0.1) is 16.3 Å². The highest BCUT2D eigenvalue weighted by Crippen LogP contribution is 2.18. The summed E-state index contributed by atoms with van der Waals surface area (Å²) in [6, 6.07) is 12.8. The normalized spacial score (nSPS) is 10.6. The minimum Gasteiger partial charge on any atom is -0.260 e. The van der Waals surface area contributed by atoms with E-state index in [1.165, 1.54) is 24.3 Å². The van der Waals surface area contributed by atoms with Gasteiger partial charge in [0.25, 0.3) is 5.69 Å². The number of hydrogen-bond acceptors (Lipinski definition) is 4. The van der Waals surface area contributed by atoms with Crippen molar-refractivity contribution in [3.8, 4) is 0 Å². The average Bonchev–Trinajstić information content (AvgIpc) is 2.41. The highest BCUT2D eigenvalue weighted by Gasteiger charge is 2.02. The van der Waals surface area contributed by atoms with Crippen molar-refractivity contribution in [2.45, 2.75) is 0 Å². The Balaban J connectivity index is 1.98. The number of nitro groups is 1. The molecular formula is C12H9ClN4O2. The van der Waals surface area contributed by atoms with Gasteiger partial charge in [-0.15, -0.1) is 5.11 Å². The fraction of sp³-hybridized carbons (Fsp3) is 0. The third-order valence-electron chi connectivity index (χ3n) is 2.25. The van der Waals surface area contributed by atoms with E-state index in [-0.39, 0.29) is 5.69 Å². The first-order valence-electron chi connectivity index (χ1n) is 5.32. The van der Waals surface area contributed by atoms with E-state index in [0.29, 0.717) is 10.7 Å². The number of nitrogens with one attached hydrogen (secondary N) is 1. The van der Waals surface area contributed by atoms with Gasteiger partial charge in [-0.05, 0) is 36.4 Å². The summed E-state index contributed by atoms with van der Waals surface area (Å²) in [6.07, 6.45) is 0. The van der Waals surface area contributed by atoms with E-state index in [2.05, 4.69) is 15.8 Å². The van der Waals surface area contributed by atoms with E-state index >= 15 is 0 Å². The maximum Gasteiger partial charge on any atom is 0.269 e. The van der Waals surface area contributed by atoms with Crippen LogP contribution in [-0.2, 0) is 0 Å². The lowest BCUT2D eigenvalue weighted by Crippen LogP contribution is -1.86. The second-order valence-electron chi connectivity index (χ2n) is 3.59. The van der Waals surface area contributed by atoms with Crippen molar-refractivity contribution in [1.82, 2.24) is 0 Å². The Bertz CT molecular complexity index is 596. The molecule has 0 bridgehead atoms. The Morgan fingerprint density at radius 3 is 2.26 bits per heavy atom. The van der Waals surface area contributed by atoms with Crippen molar-refractivity contribution in [3.05, 3.63) is 63.7 Å². The fourth-order valence-corrected chi connectivity index (χ4v) is 1.43. The molecule has 0 heterocycles. The summed E-state index contributed by atoms with van der Waals surface area (Å²) in [4.78, 5) is 10.0. The molecule has 1 N–H and O–H groups in total. The Morgan fingerprint density at radius 1 is 1.05 bits per heavy atom. The molecule has 0 aliphatic rings. The molecule has 0 saturated carbocycles. The van der Waals surface area contributed by atoms with Crippen LogP contribution in [-0.4, -0.2) is 4.92 Å². The summed E-state index contributed by atoms with van der Waals surface area (Å²) in [6.45, 7) is 0.